The number of benzene rings is 4. The lowest BCUT2D eigenvalue weighted by atomic mass is 9.99. The quantitative estimate of drug-likeness (QED) is 0.114. The molecule has 0 fully saturated rings. The first-order valence-electron chi connectivity index (χ1n) is 19.3. The monoisotopic (exact) mass is 850 g/mol. The number of fused-ring (bicyclic) bond motifs is 2. The third-order valence-corrected chi connectivity index (χ3v) is 13.5. The van der Waals surface area contributed by atoms with Crippen LogP contribution >= 0.6 is 0 Å². The molecule has 15 heteroatoms. The normalized spacial score (nSPS) is 15.7. The number of hydrogen-bond donors (Lipinski definition) is 6. The Balaban J connectivity index is 1.41. The Hall–Kier alpha value is -8.50. The van der Waals surface area contributed by atoms with Gasteiger partial charge in [0, 0.05) is 44.4 Å². The molecule has 6 aromatic rings. The number of aliphatic imine (C=N–C) groups is 2. The number of rotatable bonds is 8. The summed E-state index contributed by atoms with van der Waals surface area (Å²) in [5, 5.41) is 39.8. The molecule has 4 aromatic carbocycles. The molecule has 0 atom stereocenters. The molecule has 0 saturated carbocycles. The van der Waals surface area contributed by atoms with Crippen molar-refractivity contribution >= 4 is 66.5 Å². The Labute approximate surface area is 356 Å². The molecular formula is C48H30N4O10Si. The van der Waals surface area contributed by atoms with E-state index in [9.17, 15) is 49.2 Å². The van der Waals surface area contributed by atoms with Gasteiger partial charge in [-0.2, -0.15) is 0 Å². The van der Waals surface area contributed by atoms with E-state index in [1.807, 2.05) is 0 Å². The molecule has 6 N–H and O–H groups in total. The van der Waals surface area contributed by atoms with Crippen LogP contribution < -0.4 is 10.7 Å². The van der Waals surface area contributed by atoms with Crippen molar-refractivity contribution in [2.75, 3.05) is 0 Å². The third-order valence-electron chi connectivity index (χ3n) is 11.4. The summed E-state index contributed by atoms with van der Waals surface area (Å²) in [4.78, 5) is 85.3. The first-order chi connectivity index (χ1) is 30.3. The number of nitrogens with zero attached hydrogens (tertiary/aromatic N) is 4. The lowest BCUT2D eigenvalue weighted by Crippen LogP contribution is -2.61. The highest BCUT2D eigenvalue weighted by Crippen LogP contribution is 2.40. The molecule has 6 heterocycles. The number of allylic oxidation sites excluding steroid dienone is 4. The second-order valence-electron chi connectivity index (χ2n) is 14.9. The zero-order valence-corrected chi connectivity index (χ0v) is 33.5. The fourth-order valence-electron chi connectivity index (χ4n) is 8.51. The van der Waals surface area contributed by atoms with E-state index in [0.717, 1.165) is 0 Å². The number of hydrogen-bond acceptors (Lipinski definition) is 8. The molecule has 14 nitrogen and oxygen atoms in total. The molecule has 0 unspecified atom stereocenters. The van der Waals surface area contributed by atoms with Gasteiger partial charge in [-0.05, 0) is 119 Å². The van der Waals surface area contributed by atoms with E-state index in [1.165, 1.54) is 57.0 Å². The van der Waals surface area contributed by atoms with Gasteiger partial charge in [0.1, 0.15) is 0 Å². The van der Waals surface area contributed by atoms with E-state index in [1.54, 1.807) is 97.1 Å². The Morgan fingerprint density at radius 3 is 0.984 bits per heavy atom. The van der Waals surface area contributed by atoms with E-state index >= 15 is 0 Å². The Kier molecular flexibility index (Phi) is 8.79. The maximum absolute atomic E-state index is 13.6. The van der Waals surface area contributed by atoms with Crippen molar-refractivity contribution in [1.82, 2.24) is 8.47 Å². The van der Waals surface area contributed by atoms with E-state index < -0.39 is 32.8 Å². The molecule has 63 heavy (non-hydrogen) atoms. The molecule has 4 aliphatic rings. The minimum atomic E-state index is -5.27. The molecule has 2 aromatic heterocycles. The largest absolute Gasteiger partial charge is 0.592 e. The first kappa shape index (κ1) is 38.7. The molecule has 0 spiro atoms. The van der Waals surface area contributed by atoms with Crippen LogP contribution in [0.1, 0.15) is 75.1 Å². The van der Waals surface area contributed by atoms with Gasteiger partial charge in [-0.1, -0.05) is 48.5 Å². The molecule has 0 radical (unpaired) electrons. The SMILES string of the molecule is O=C(O)c1ccc(C2=C3C=CC(=N3)C(c3ccc(C(=O)O)cc3)=c3ccc4n3[Si](O)(O)n3c2ccc3C(c2ccc(C(=O)O)cc2)=C2C=CC(=N2)C=4c2ccc(C(=O)O)cc2)cc1. The highest BCUT2D eigenvalue weighted by Gasteiger charge is 2.45. The Morgan fingerprint density at radius 1 is 0.381 bits per heavy atom. The van der Waals surface area contributed by atoms with Gasteiger partial charge < -0.3 is 38.5 Å². The second kappa shape index (κ2) is 14.3. The van der Waals surface area contributed by atoms with E-state index in [2.05, 4.69) is 0 Å². The summed E-state index contributed by atoms with van der Waals surface area (Å²) in [7, 11) is -5.27. The smallest absolute Gasteiger partial charge is 0.478 e. The van der Waals surface area contributed by atoms with Gasteiger partial charge in [0.25, 0.3) is 0 Å². The molecule has 10 rings (SSSR count). The van der Waals surface area contributed by atoms with Crippen LogP contribution in [0.15, 0.2) is 167 Å². The maximum Gasteiger partial charge on any atom is 0.592 e. The Morgan fingerprint density at radius 2 is 0.683 bits per heavy atom. The molecular weight excluding hydrogens is 821 g/mol. The molecule has 306 valence electrons. The van der Waals surface area contributed by atoms with Gasteiger partial charge in [-0.3, -0.25) is 0 Å². The summed E-state index contributed by atoms with van der Waals surface area (Å²) in [6.45, 7) is 0. The number of carbonyl (C=O) groups is 4. The predicted molar refractivity (Wildman–Crippen MR) is 233 cm³/mol. The van der Waals surface area contributed by atoms with E-state index in [0.29, 0.717) is 89.4 Å². The highest BCUT2D eigenvalue weighted by molar-refractivity contribution is 6.62. The lowest BCUT2D eigenvalue weighted by Gasteiger charge is -2.30. The third kappa shape index (κ3) is 6.18. The zero-order valence-electron chi connectivity index (χ0n) is 32.5. The van der Waals surface area contributed by atoms with Crippen molar-refractivity contribution in [2.45, 2.75) is 0 Å². The lowest BCUT2D eigenvalue weighted by molar-refractivity contribution is 0.0686. The van der Waals surface area contributed by atoms with Gasteiger partial charge in [0.15, 0.2) is 0 Å². The average Bonchev–Trinajstić information content (AvgIpc) is 4.11. The summed E-state index contributed by atoms with van der Waals surface area (Å²) in [6, 6.07) is 31.4. The van der Waals surface area contributed by atoms with E-state index in [-0.39, 0.29) is 22.3 Å². The molecule has 0 aliphatic carbocycles. The predicted octanol–water partition coefficient (Wildman–Crippen LogP) is 4.86. The molecule has 4 aliphatic heterocycles. The van der Waals surface area contributed by atoms with Crippen LogP contribution in [0.25, 0.3) is 22.3 Å². The van der Waals surface area contributed by atoms with Crippen LogP contribution in [0.5, 0.6) is 0 Å². The van der Waals surface area contributed by atoms with Crippen LogP contribution in [0.4, 0.5) is 0 Å². The summed E-state index contributed by atoms with van der Waals surface area (Å²) in [6.07, 6.45) is 7.09. The summed E-state index contributed by atoms with van der Waals surface area (Å²) < 4.78 is 2.91. The maximum atomic E-state index is 13.6. The van der Waals surface area contributed by atoms with Gasteiger partial charge in [0.05, 0.1) is 45.1 Å². The van der Waals surface area contributed by atoms with Gasteiger partial charge >= 0.3 is 32.8 Å². The van der Waals surface area contributed by atoms with Crippen molar-refractivity contribution in [3.63, 3.8) is 0 Å². The van der Waals surface area contributed by atoms with Crippen molar-refractivity contribution in [3.8, 4) is 0 Å². The topological polar surface area (TPSA) is 224 Å². The minimum Gasteiger partial charge on any atom is -0.478 e. The number of aromatic nitrogens is 2. The van der Waals surface area contributed by atoms with E-state index in [4.69, 9.17) is 9.98 Å². The minimum absolute atomic E-state index is 0.0293. The summed E-state index contributed by atoms with van der Waals surface area (Å²) in [5.41, 5.74) is 6.02. The van der Waals surface area contributed by atoms with Crippen LogP contribution in [0.2, 0.25) is 0 Å². The van der Waals surface area contributed by atoms with Crippen LogP contribution in [-0.4, -0.2) is 82.7 Å². The number of carboxylic acids is 4. The number of carboxylic acid groups (broad SMARTS) is 4. The van der Waals surface area contributed by atoms with Crippen LogP contribution in [0.3, 0.4) is 0 Å². The first-order valence-corrected chi connectivity index (χ1v) is 21.1. The zero-order chi connectivity index (χ0) is 43.9. The number of aromatic carboxylic acids is 4. The summed E-state index contributed by atoms with van der Waals surface area (Å²) >= 11 is 0. The second-order valence-corrected chi connectivity index (χ2v) is 17.0. The fraction of sp³-hybridized carbons (Fsp3) is 0. The van der Waals surface area contributed by atoms with Crippen molar-refractivity contribution < 1.29 is 49.2 Å². The molecule has 6 bridgehead atoms. The molecule has 0 amide bonds. The van der Waals surface area contributed by atoms with Gasteiger partial charge in [0.2, 0.25) is 0 Å². The highest BCUT2D eigenvalue weighted by atomic mass is 28.4. The Bertz CT molecular complexity index is 3160. The van der Waals surface area contributed by atoms with Crippen LogP contribution in [0, 0.1) is 0 Å². The fourth-order valence-corrected chi connectivity index (χ4v) is 10.7. The van der Waals surface area contributed by atoms with Crippen molar-refractivity contribution in [2.24, 2.45) is 9.98 Å². The van der Waals surface area contributed by atoms with Crippen LogP contribution in [-0.2, 0) is 0 Å². The summed E-state index contributed by atoms with van der Waals surface area (Å²) in [5.74, 6) is -4.54. The van der Waals surface area contributed by atoms with Crippen molar-refractivity contribution in [1.29, 1.82) is 0 Å². The van der Waals surface area contributed by atoms with Crippen molar-refractivity contribution in [3.05, 3.63) is 224 Å². The molecule has 0 saturated heterocycles. The standard InChI is InChI=1S/C48H30N4O10Si/c53-45(54)29-9-1-25(2-10-29)41-33-17-18-34(49-33)42(26-3-11-30(12-4-26)46(55)56)39-23-24-40-44(28-7-15-32(16-8-28)48(59)60)36-20-19-35(50-36)43(27-5-13-31(14-6-27)47(57)58)38-22-21-37(41)51(38)63(61,62)52(39)40/h1-24,61-62H,(H,53,54)(H,55,56)(H,57,58)(H,59,60). The van der Waals surface area contributed by atoms with Gasteiger partial charge in [-0.15, -0.1) is 0 Å². The van der Waals surface area contributed by atoms with Gasteiger partial charge in [-0.25, -0.2) is 29.2 Å². The average molecular weight is 851 g/mol.